The molecular weight excluding hydrogens is 272 g/mol. The zero-order valence-corrected chi connectivity index (χ0v) is 13.5. The van der Waals surface area contributed by atoms with Gasteiger partial charge in [0.15, 0.2) is 0 Å². The molecule has 1 unspecified atom stereocenters. The Morgan fingerprint density at radius 1 is 1.15 bits per heavy atom. The highest BCUT2D eigenvalue weighted by Gasteiger charge is 2.38. The minimum Gasteiger partial charge on any atom is -0.341 e. The lowest BCUT2D eigenvalue weighted by Gasteiger charge is -2.33. The molecule has 0 saturated carbocycles. The van der Waals surface area contributed by atoms with Gasteiger partial charge in [-0.15, -0.1) is 11.8 Å². The Labute approximate surface area is 126 Å². The molecule has 114 valence electrons. The van der Waals surface area contributed by atoms with Crippen LogP contribution < -0.4 is 0 Å². The molecule has 0 radical (unpaired) electrons. The lowest BCUT2D eigenvalue weighted by atomic mass is 10.0. The second-order valence-electron chi connectivity index (χ2n) is 5.72. The first kappa shape index (κ1) is 15.7. The Morgan fingerprint density at radius 3 is 2.40 bits per heavy atom. The van der Waals surface area contributed by atoms with Gasteiger partial charge in [-0.3, -0.25) is 9.59 Å². The molecule has 0 aromatic heterocycles. The van der Waals surface area contributed by atoms with Crippen LogP contribution in [-0.4, -0.2) is 52.4 Å². The molecule has 0 aliphatic carbocycles. The number of carbonyl (C=O) groups is 2. The van der Waals surface area contributed by atoms with Gasteiger partial charge in [-0.2, -0.15) is 0 Å². The third-order valence-corrected chi connectivity index (χ3v) is 5.47. The first-order valence-electron chi connectivity index (χ1n) is 7.86. The van der Waals surface area contributed by atoms with Crippen LogP contribution in [0, 0.1) is 5.92 Å². The molecule has 0 aromatic carbocycles. The van der Waals surface area contributed by atoms with Crippen LogP contribution in [0.3, 0.4) is 0 Å². The van der Waals surface area contributed by atoms with E-state index in [-0.39, 0.29) is 23.8 Å². The summed E-state index contributed by atoms with van der Waals surface area (Å²) in [5.74, 6) is 1.87. The number of thioether (sulfide) groups is 1. The van der Waals surface area contributed by atoms with E-state index in [1.54, 1.807) is 11.8 Å². The second kappa shape index (κ2) is 7.34. The van der Waals surface area contributed by atoms with Gasteiger partial charge in [-0.1, -0.05) is 13.8 Å². The summed E-state index contributed by atoms with van der Waals surface area (Å²) in [6.45, 7) is 5.84. The fourth-order valence-electron chi connectivity index (χ4n) is 3.06. The van der Waals surface area contributed by atoms with Crippen LogP contribution in [-0.2, 0) is 9.59 Å². The van der Waals surface area contributed by atoms with Crippen molar-refractivity contribution in [3.63, 3.8) is 0 Å². The predicted octanol–water partition coefficient (Wildman–Crippen LogP) is 2.34. The smallest absolute Gasteiger partial charge is 0.246 e. The minimum absolute atomic E-state index is 0.0744. The van der Waals surface area contributed by atoms with Gasteiger partial charge >= 0.3 is 0 Å². The van der Waals surface area contributed by atoms with Crippen molar-refractivity contribution in [2.75, 3.05) is 24.7 Å². The number of rotatable bonds is 4. The molecule has 4 nitrogen and oxygen atoms in total. The van der Waals surface area contributed by atoms with Crippen LogP contribution in [0.15, 0.2) is 0 Å². The molecule has 1 atom stereocenters. The summed E-state index contributed by atoms with van der Waals surface area (Å²) < 4.78 is 0. The molecule has 2 heterocycles. The molecule has 0 aromatic rings. The third-order valence-electron chi connectivity index (χ3n) is 4.45. The fraction of sp³-hybridized carbons (Fsp3) is 0.867. The van der Waals surface area contributed by atoms with Gasteiger partial charge in [0.2, 0.25) is 11.8 Å². The molecule has 2 fully saturated rings. The van der Waals surface area contributed by atoms with E-state index in [9.17, 15) is 9.59 Å². The van der Waals surface area contributed by atoms with Crippen molar-refractivity contribution in [2.45, 2.75) is 52.0 Å². The minimum atomic E-state index is -0.216. The summed E-state index contributed by atoms with van der Waals surface area (Å²) in [6, 6.07) is -0.216. The predicted molar refractivity (Wildman–Crippen MR) is 82.5 cm³/mol. The van der Waals surface area contributed by atoms with Crippen molar-refractivity contribution in [1.82, 2.24) is 9.80 Å². The zero-order valence-electron chi connectivity index (χ0n) is 12.6. The monoisotopic (exact) mass is 298 g/mol. The van der Waals surface area contributed by atoms with Crippen molar-refractivity contribution in [3.05, 3.63) is 0 Å². The maximum atomic E-state index is 12.6. The number of likely N-dealkylation sites (tertiary alicyclic amines) is 1. The number of hydrogen-bond acceptors (Lipinski definition) is 3. The van der Waals surface area contributed by atoms with Crippen LogP contribution in [0.5, 0.6) is 0 Å². The highest BCUT2D eigenvalue weighted by molar-refractivity contribution is 7.99. The van der Waals surface area contributed by atoms with Crippen LogP contribution >= 0.6 is 11.8 Å². The molecule has 2 amide bonds. The molecule has 5 heteroatoms. The summed E-state index contributed by atoms with van der Waals surface area (Å²) in [6.07, 6.45) is 5.15. The number of nitrogens with zero attached hydrogens (tertiary/aromatic N) is 2. The summed E-state index contributed by atoms with van der Waals surface area (Å²) in [5, 5.41) is 0. The lowest BCUT2D eigenvalue weighted by Crippen LogP contribution is -2.51. The maximum Gasteiger partial charge on any atom is 0.246 e. The van der Waals surface area contributed by atoms with Crippen LogP contribution in [0.4, 0.5) is 0 Å². The highest BCUT2D eigenvalue weighted by atomic mass is 32.2. The number of amides is 2. The highest BCUT2D eigenvalue weighted by Crippen LogP contribution is 2.27. The van der Waals surface area contributed by atoms with E-state index >= 15 is 0 Å². The van der Waals surface area contributed by atoms with Crippen LogP contribution in [0.25, 0.3) is 0 Å². The Kier molecular flexibility index (Phi) is 5.75. The third kappa shape index (κ3) is 3.30. The van der Waals surface area contributed by atoms with E-state index in [2.05, 4.69) is 13.8 Å². The largest absolute Gasteiger partial charge is 0.341 e. The molecule has 0 bridgehead atoms. The molecule has 2 aliphatic heterocycles. The summed E-state index contributed by atoms with van der Waals surface area (Å²) in [5.41, 5.74) is 0. The Morgan fingerprint density at radius 2 is 1.80 bits per heavy atom. The van der Waals surface area contributed by atoms with E-state index in [1.807, 2.05) is 9.80 Å². The first-order chi connectivity index (χ1) is 9.69. The Balaban J connectivity index is 2.02. The van der Waals surface area contributed by atoms with Gasteiger partial charge < -0.3 is 9.80 Å². The van der Waals surface area contributed by atoms with Crippen LogP contribution in [0.1, 0.15) is 46.0 Å². The summed E-state index contributed by atoms with van der Waals surface area (Å²) >= 11 is 1.71. The second-order valence-corrected chi connectivity index (χ2v) is 6.72. The van der Waals surface area contributed by atoms with Crippen LogP contribution in [0.2, 0.25) is 0 Å². The lowest BCUT2D eigenvalue weighted by molar-refractivity contribution is -0.146. The van der Waals surface area contributed by atoms with Gasteiger partial charge in [-0.25, -0.2) is 0 Å². The first-order valence-corrected chi connectivity index (χ1v) is 9.01. The zero-order chi connectivity index (χ0) is 14.5. The van der Waals surface area contributed by atoms with E-state index in [1.165, 1.54) is 6.42 Å². The maximum absolute atomic E-state index is 12.6. The molecule has 0 N–H and O–H groups in total. The Bertz CT molecular complexity index is 352. The molecular formula is C15H26N2O2S. The normalized spacial score (nSPS) is 23.4. The summed E-state index contributed by atoms with van der Waals surface area (Å²) in [7, 11) is 0. The quantitative estimate of drug-likeness (QED) is 0.800. The SMILES string of the molecule is CCC(CC)C(=O)N1CSCC1C(=O)N1CCCCC1. The number of hydrogen-bond donors (Lipinski definition) is 0. The molecule has 2 rings (SSSR count). The van der Waals surface area contributed by atoms with Crippen molar-refractivity contribution >= 4 is 23.6 Å². The van der Waals surface area contributed by atoms with Gasteiger partial charge in [0, 0.05) is 24.8 Å². The molecule has 20 heavy (non-hydrogen) atoms. The van der Waals surface area contributed by atoms with E-state index in [0.717, 1.165) is 44.5 Å². The molecule has 2 saturated heterocycles. The standard InChI is InChI=1S/C15H26N2O2S/c1-3-12(4-2)14(18)17-11-20-10-13(17)15(19)16-8-6-5-7-9-16/h12-13H,3-11H2,1-2H3. The van der Waals surface area contributed by atoms with E-state index < -0.39 is 0 Å². The van der Waals surface area contributed by atoms with Gasteiger partial charge in [0.05, 0.1) is 5.88 Å². The van der Waals surface area contributed by atoms with Crippen molar-refractivity contribution in [3.8, 4) is 0 Å². The van der Waals surface area contributed by atoms with E-state index in [4.69, 9.17) is 0 Å². The topological polar surface area (TPSA) is 40.6 Å². The Hall–Kier alpha value is -0.710. The van der Waals surface area contributed by atoms with Crippen molar-refractivity contribution < 1.29 is 9.59 Å². The van der Waals surface area contributed by atoms with E-state index in [0.29, 0.717) is 5.88 Å². The van der Waals surface area contributed by atoms with Gasteiger partial charge in [-0.05, 0) is 32.1 Å². The van der Waals surface area contributed by atoms with Gasteiger partial charge in [0.1, 0.15) is 6.04 Å². The molecule has 2 aliphatic rings. The van der Waals surface area contributed by atoms with Crippen molar-refractivity contribution in [1.29, 1.82) is 0 Å². The fourth-order valence-corrected chi connectivity index (χ4v) is 4.22. The summed E-state index contributed by atoms with van der Waals surface area (Å²) in [4.78, 5) is 29.0. The van der Waals surface area contributed by atoms with Crippen molar-refractivity contribution in [2.24, 2.45) is 5.92 Å². The average Bonchev–Trinajstić information content (AvgIpc) is 2.98. The van der Waals surface area contributed by atoms with Gasteiger partial charge in [0.25, 0.3) is 0 Å². The molecule has 0 spiro atoms. The number of carbonyl (C=O) groups excluding carboxylic acids is 2. The number of piperidine rings is 1. The average molecular weight is 298 g/mol.